The average molecular weight is 422 g/mol. The van der Waals surface area contributed by atoms with Crippen LogP contribution >= 0.6 is 0 Å². The quantitative estimate of drug-likeness (QED) is 0.452. The molecule has 1 saturated heterocycles. The van der Waals surface area contributed by atoms with Crippen LogP contribution in [0.2, 0.25) is 0 Å². The van der Waals surface area contributed by atoms with Crippen molar-refractivity contribution >= 4 is 0 Å². The highest BCUT2D eigenvalue weighted by Crippen LogP contribution is 2.43. The summed E-state index contributed by atoms with van der Waals surface area (Å²) in [5, 5.41) is 41.2. The number of rotatable bonds is 6. The van der Waals surface area contributed by atoms with Gasteiger partial charge in [-0.2, -0.15) is 0 Å². The van der Waals surface area contributed by atoms with Crippen LogP contribution in [0, 0.1) is 0 Å². The Morgan fingerprint density at radius 1 is 0.677 bits per heavy atom. The Labute approximate surface area is 180 Å². The maximum absolute atomic E-state index is 10.8. The van der Waals surface area contributed by atoms with Crippen LogP contribution in [0.15, 0.2) is 91.0 Å². The summed E-state index contributed by atoms with van der Waals surface area (Å²) in [6, 6.07) is 28.5. The molecular formula is C25H26O6. The molecule has 0 unspecified atom stereocenters. The molecule has 5 atom stereocenters. The van der Waals surface area contributed by atoms with E-state index in [1.54, 1.807) is 0 Å². The van der Waals surface area contributed by atoms with Crippen molar-refractivity contribution < 1.29 is 29.9 Å². The second-order valence-corrected chi connectivity index (χ2v) is 7.59. The maximum atomic E-state index is 10.8. The van der Waals surface area contributed by atoms with Gasteiger partial charge in [-0.3, -0.25) is 0 Å². The molecule has 3 aromatic rings. The molecular weight excluding hydrogens is 396 g/mol. The van der Waals surface area contributed by atoms with Gasteiger partial charge in [0.1, 0.15) is 30.0 Å². The van der Waals surface area contributed by atoms with Crippen LogP contribution < -0.4 is 0 Å². The van der Waals surface area contributed by atoms with Gasteiger partial charge in [0.2, 0.25) is 0 Å². The van der Waals surface area contributed by atoms with Crippen LogP contribution in [0.3, 0.4) is 0 Å². The van der Waals surface area contributed by atoms with Crippen molar-refractivity contribution in [1.82, 2.24) is 0 Å². The number of hydrogen-bond acceptors (Lipinski definition) is 6. The Bertz CT molecular complexity index is 853. The van der Waals surface area contributed by atoms with Crippen molar-refractivity contribution in [3.63, 3.8) is 0 Å². The molecule has 31 heavy (non-hydrogen) atoms. The smallest absolute Gasteiger partial charge is 0.184 e. The van der Waals surface area contributed by atoms with Gasteiger partial charge in [0.25, 0.3) is 0 Å². The lowest BCUT2D eigenvalue weighted by atomic mass is 9.79. The van der Waals surface area contributed by atoms with E-state index in [-0.39, 0.29) is 0 Å². The standard InChI is InChI=1S/C25H26O6/c26-16-20-21(27)22(28)23(24(29)30-20)31-25(17-10-4-1-5-11-17,18-12-6-2-7-13-18)19-14-8-3-9-15-19/h1-15,20-24,26-29H,16H2/t20-,21-,22+,23-,24-/m1/s1. The minimum Gasteiger partial charge on any atom is -0.394 e. The lowest BCUT2D eigenvalue weighted by molar-refractivity contribution is -0.309. The van der Waals surface area contributed by atoms with Gasteiger partial charge in [0.15, 0.2) is 6.29 Å². The third-order valence-electron chi connectivity index (χ3n) is 5.70. The Balaban J connectivity index is 1.89. The van der Waals surface area contributed by atoms with Gasteiger partial charge in [-0.1, -0.05) is 91.0 Å². The summed E-state index contributed by atoms with van der Waals surface area (Å²) in [7, 11) is 0. The molecule has 0 saturated carbocycles. The molecule has 0 amide bonds. The summed E-state index contributed by atoms with van der Waals surface area (Å²) in [6.45, 7) is -0.538. The number of hydrogen-bond donors (Lipinski definition) is 4. The van der Waals surface area contributed by atoms with Gasteiger partial charge in [-0.05, 0) is 16.7 Å². The highest BCUT2D eigenvalue weighted by Gasteiger charge is 2.49. The Morgan fingerprint density at radius 3 is 1.48 bits per heavy atom. The van der Waals surface area contributed by atoms with Crippen molar-refractivity contribution in [2.45, 2.75) is 36.3 Å². The Kier molecular flexibility index (Phi) is 6.48. The van der Waals surface area contributed by atoms with E-state index in [1.807, 2.05) is 91.0 Å². The minimum atomic E-state index is -1.55. The second kappa shape index (κ2) is 9.28. The van der Waals surface area contributed by atoms with E-state index in [4.69, 9.17) is 9.47 Å². The molecule has 162 valence electrons. The predicted molar refractivity (Wildman–Crippen MR) is 114 cm³/mol. The van der Waals surface area contributed by atoms with Crippen molar-refractivity contribution in [2.75, 3.05) is 6.61 Å². The SMILES string of the molecule is OC[C@H]1O[C@@H](O)[C@H](OC(c2ccccc2)(c2ccccc2)c2ccccc2)[C@@H](O)[C@@H]1O. The molecule has 0 radical (unpaired) electrons. The maximum Gasteiger partial charge on any atom is 0.184 e. The van der Waals surface area contributed by atoms with E-state index >= 15 is 0 Å². The number of aliphatic hydroxyl groups is 4. The van der Waals surface area contributed by atoms with Crippen molar-refractivity contribution in [3.05, 3.63) is 108 Å². The van der Waals surface area contributed by atoms with Gasteiger partial charge in [-0.15, -0.1) is 0 Å². The van der Waals surface area contributed by atoms with E-state index in [0.29, 0.717) is 0 Å². The summed E-state index contributed by atoms with van der Waals surface area (Å²) in [6.07, 6.45) is -6.83. The first-order valence-corrected chi connectivity index (χ1v) is 10.2. The fourth-order valence-electron chi connectivity index (χ4n) is 4.13. The monoisotopic (exact) mass is 422 g/mol. The second-order valence-electron chi connectivity index (χ2n) is 7.59. The van der Waals surface area contributed by atoms with E-state index in [9.17, 15) is 20.4 Å². The van der Waals surface area contributed by atoms with Crippen molar-refractivity contribution in [1.29, 1.82) is 0 Å². The fraction of sp³-hybridized carbons (Fsp3) is 0.280. The first-order valence-electron chi connectivity index (χ1n) is 10.2. The Hall–Kier alpha value is -2.58. The zero-order valence-corrected chi connectivity index (χ0v) is 16.9. The van der Waals surface area contributed by atoms with Crippen LogP contribution in [0.25, 0.3) is 0 Å². The summed E-state index contributed by atoms with van der Waals surface area (Å²) in [4.78, 5) is 0. The molecule has 0 bridgehead atoms. The van der Waals surface area contributed by atoms with Crippen LogP contribution in [-0.2, 0) is 15.1 Å². The number of ether oxygens (including phenoxy) is 2. The largest absolute Gasteiger partial charge is 0.394 e. The molecule has 0 aromatic heterocycles. The van der Waals surface area contributed by atoms with Gasteiger partial charge in [0, 0.05) is 0 Å². The average Bonchev–Trinajstić information content (AvgIpc) is 2.83. The first kappa shape index (κ1) is 21.6. The minimum absolute atomic E-state index is 0.538. The predicted octanol–water partition coefficient (Wildman–Crippen LogP) is 1.79. The molecule has 4 N–H and O–H groups in total. The summed E-state index contributed by atoms with van der Waals surface area (Å²) < 4.78 is 11.9. The Morgan fingerprint density at radius 2 is 1.10 bits per heavy atom. The molecule has 4 rings (SSSR count). The van der Waals surface area contributed by atoms with Gasteiger partial charge in [-0.25, -0.2) is 0 Å². The molecule has 0 aliphatic carbocycles. The highest BCUT2D eigenvalue weighted by molar-refractivity contribution is 5.47. The molecule has 0 spiro atoms. The topological polar surface area (TPSA) is 99.4 Å². The molecule has 1 aliphatic rings. The molecule has 6 heteroatoms. The molecule has 1 aliphatic heterocycles. The van der Waals surface area contributed by atoms with Gasteiger partial charge in [0.05, 0.1) is 6.61 Å². The van der Waals surface area contributed by atoms with E-state index < -0.39 is 42.9 Å². The van der Waals surface area contributed by atoms with Crippen molar-refractivity contribution in [2.24, 2.45) is 0 Å². The third kappa shape index (κ3) is 4.02. The molecule has 3 aromatic carbocycles. The first-order chi connectivity index (χ1) is 15.1. The van der Waals surface area contributed by atoms with Gasteiger partial charge >= 0.3 is 0 Å². The van der Waals surface area contributed by atoms with Crippen LogP contribution in [0.1, 0.15) is 16.7 Å². The summed E-state index contributed by atoms with van der Waals surface area (Å²) >= 11 is 0. The third-order valence-corrected chi connectivity index (χ3v) is 5.70. The van der Waals surface area contributed by atoms with Crippen LogP contribution in [0.4, 0.5) is 0 Å². The van der Waals surface area contributed by atoms with E-state index in [1.165, 1.54) is 0 Å². The molecule has 1 fully saturated rings. The zero-order valence-electron chi connectivity index (χ0n) is 16.9. The highest BCUT2D eigenvalue weighted by atomic mass is 16.7. The summed E-state index contributed by atoms with van der Waals surface area (Å²) in [5.74, 6) is 0. The fourth-order valence-corrected chi connectivity index (χ4v) is 4.13. The van der Waals surface area contributed by atoms with Crippen molar-refractivity contribution in [3.8, 4) is 0 Å². The van der Waals surface area contributed by atoms with Gasteiger partial charge < -0.3 is 29.9 Å². The van der Waals surface area contributed by atoms with Crippen LogP contribution in [-0.4, -0.2) is 57.7 Å². The number of aliphatic hydroxyl groups excluding tert-OH is 4. The molecule has 6 nitrogen and oxygen atoms in total. The lowest BCUT2D eigenvalue weighted by Gasteiger charge is -2.45. The zero-order chi connectivity index (χ0) is 21.8. The molecule has 1 heterocycles. The normalized spacial score (nSPS) is 26.5. The lowest BCUT2D eigenvalue weighted by Crippen LogP contribution is -2.61. The van der Waals surface area contributed by atoms with E-state index in [2.05, 4.69) is 0 Å². The van der Waals surface area contributed by atoms with E-state index in [0.717, 1.165) is 16.7 Å². The number of benzene rings is 3. The summed E-state index contributed by atoms with van der Waals surface area (Å²) in [5.41, 5.74) is 1.15. The van der Waals surface area contributed by atoms with Crippen LogP contribution in [0.5, 0.6) is 0 Å².